The number of hydrogen-bond acceptors (Lipinski definition) is 8. The largest absolute Gasteiger partial charge is 0.497 e. The van der Waals surface area contributed by atoms with Gasteiger partial charge in [0.05, 0.1) is 7.11 Å². The molecule has 1 heterocycles. The van der Waals surface area contributed by atoms with Gasteiger partial charge in [0.25, 0.3) is 17.8 Å². The summed E-state index contributed by atoms with van der Waals surface area (Å²) in [5, 5.41) is 12.5. The average Bonchev–Trinajstić information content (AvgIpc) is 2.94. The van der Waals surface area contributed by atoms with Gasteiger partial charge in [-0.05, 0) is 69.3 Å². The zero-order valence-electron chi connectivity index (χ0n) is 22.5. The van der Waals surface area contributed by atoms with Gasteiger partial charge >= 0.3 is 0 Å². The summed E-state index contributed by atoms with van der Waals surface area (Å²) in [6, 6.07) is 11.5. The maximum Gasteiger partial charge on any atom is 0.288 e. The minimum Gasteiger partial charge on any atom is -0.497 e. The molecule has 0 aliphatic carbocycles. The number of carbonyl (C=O) groups is 3. The van der Waals surface area contributed by atoms with Crippen molar-refractivity contribution in [2.75, 3.05) is 33.8 Å². The lowest BCUT2D eigenvalue weighted by Crippen LogP contribution is -2.41. The summed E-state index contributed by atoms with van der Waals surface area (Å²) in [4.78, 5) is 39.5. The van der Waals surface area contributed by atoms with E-state index in [1.807, 2.05) is 35.3 Å². The smallest absolute Gasteiger partial charge is 0.288 e. The van der Waals surface area contributed by atoms with Crippen LogP contribution in [0.1, 0.15) is 40.9 Å². The second-order valence-corrected chi connectivity index (χ2v) is 8.10. The number of aliphatic imine (C=N–C) groups is 1. The molecule has 11 heteroatoms. The molecule has 3 amide bonds. The zero-order chi connectivity index (χ0) is 28.8. The van der Waals surface area contributed by atoms with E-state index in [-0.39, 0.29) is 17.8 Å². The van der Waals surface area contributed by atoms with E-state index >= 15 is 0 Å². The molecule has 39 heavy (non-hydrogen) atoms. The van der Waals surface area contributed by atoms with E-state index in [9.17, 15) is 14.4 Å². The molecule has 0 fully saturated rings. The van der Waals surface area contributed by atoms with Crippen molar-refractivity contribution in [2.24, 2.45) is 10.7 Å². The standard InChI is InChI=1S/C16H19N5O3.C12H15NO2/c1-3-20-16(18)24-14(17)12-7-4-11(5-8-12)6-9-13(19-2)15(23)21-10-22;1-3-13-7-6-9-4-5-10(15-2)8-11(9)12(13)14/h4-5,7-8,10,13,17,19H,3H2,1-2H3,(H2,18,20)(H,21,22,23);4-5,8H,3,6-7H2,1-2H3. The highest BCUT2D eigenvalue weighted by Gasteiger charge is 2.23. The number of rotatable bonds is 7. The van der Waals surface area contributed by atoms with Crippen molar-refractivity contribution in [2.45, 2.75) is 26.3 Å². The number of hydrogen-bond donors (Lipinski definition) is 4. The van der Waals surface area contributed by atoms with Crippen LogP contribution in [0.2, 0.25) is 0 Å². The summed E-state index contributed by atoms with van der Waals surface area (Å²) in [6.07, 6.45) is 1.25. The maximum atomic E-state index is 12.0. The molecule has 0 radical (unpaired) electrons. The quantitative estimate of drug-likeness (QED) is 0.180. The van der Waals surface area contributed by atoms with E-state index < -0.39 is 11.9 Å². The second kappa shape index (κ2) is 15.5. The molecule has 1 aliphatic rings. The van der Waals surface area contributed by atoms with Crippen molar-refractivity contribution < 1.29 is 23.9 Å². The van der Waals surface area contributed by atoms with Gasteiger partial charge in [-0.25, -0.2) is 4.99 Å². The molecule has 0 bridgehead atoms. The Balaban J connectivity index is 0.000000302. The molecule has 5 N–H and O–H groups in total. The Bertz CT molecular complexity index is 1260. The normalized spacial score (nSPS) is 13.0. The van der Waals surface area contributed by atoms with Crippen LogP contribution in [0.15, 0.2) is 47.5 Å². The minimum absolute atomic E-state index is 0.0654. The lowest BCUT2D eigenvalue weighted by molar-refractivity contribution is -0.125. The molecule has 2 aromatic carbocycles. The first kappa shape index (κ1) is 30.5. The number of fused-ring (bicyclic) bond motifs is 1. The molecule has 11 nitrogen and oxygen atoms in total. The highest BCUT2D eigenvalue weighted by Crippen LogP contribution is 2.23. The van der Waals surface area contributed by atoms with Crippen LogP contribution < -0.4 is 21.1 Å². The fraction of sp³-hybridized carbons (Fsp3) is 0.321. The molecule has 1 unspecified atom stereocenters. The third-order valence-electron chi connectivity index (χ3n) is 5.65. The van der Waals surface area contributed by atoms with E-state index in [4.69, 9.17) is 20.6 Å². The van der Waals surface area contributed by atoms with Gasteiger partial charge in [-0.2, -0.15) is 0 Å². The van der Waals surface area contributed by atoms with E-state index in [0.717, 1.165) is 36.4 Å². The highest BCUT2D eigenvalue weighted by atomic mass is 16.5. The third-order valence-corrected chi connectivity index (χ3v) is 5.65. The van der Waals surface area contributed by atoms with E-state index in [0.29, 0.717) is 24.1 Å². The Hall–Kier alpha value is -4.69. The van der Waals surface area contributed by atoms with Crippen LogP contribution in [-0.2, 0) is 20.7 Å². The van der Waals surface area contributed by atoms with Gasteiger partial charge < -0.3 is 20.1 Å². The fourth-order valence-electron chi connectivity index (χ4n) is 3.55. The monoisotopic (exact) mass is 534 g/mol. The number of nitrogens with one attached hydrogen (secondary N) is 3. The zero-order valence-corrected chi connectivity index (χ0v) is 22.5. The number of amidine groups is 1. The molecule has 1 aliphatic heterocycles. The van der Waals surface area contributed by atoms with Crippen LogP contribution in [-0.4, -0.2) is 74.9 Å². The molecular weight excluding hydrogens is 500 g/mol. The molecule has 206 valence electrons. The van der Waals surface area contributed by atoms with E-state index in [1.165, 1.54) is 0 Å². The Kier molecular flexibility index (Phi) is 12.2. The molecule has 2 aromatic rings. The van der Waals surface area contributed by atoms with Crippen molar-refractivity contribution >= 4 is 30.1 Å². The van der Waals surface area contributed by atoms with Crippen molar-refractivity contribution in [1.29, 1.82) is 5.41 Å². The summed E-state index contributed by atoms with van der Waals surface area (Å²) in [5.74, 6) is 5.75. The number of nitrogens with two attached hydrogens (primary N) is 1. The second-order valence-electron chi connectivity index (χ2n) is 8.10. The topological polar surface area (TPSA) is 159 Å². The summed E-state index contributed by atoms with van der Waals surface area (Å²) in [7, 11) is 3.18. The lowest BCUT2D eigenvalue weighted by atomic mass is 9.99. The summed E-state index contributed by atoms with van der Waals surface area (Å²) < 4.78 is 10.2. The molecule has 0 saturated carbocycles. The lowest BCUT2D eigenvalue weighted by Gasteiger charge is -2.27. The Morgan fingerprint density at radius 3 is 2.56 bits per heavy atom. The Labute approximate surface area is 228 Å². The number of methoxy groups -OCH3 is 1. The fourth-order valence-corrected chi connectivity index (χ4v) is 3.55. The number of carbonyl (C=O) groups excluding carboxylic acids is 3. The summed E-state index contributed by atoms with van der Waals surface area (Å²) in [5.41, 5.74) is 8.57. The summed E-state index contributed by atoms with van der Waals surface area (Å²) >= 11 is 0. The highest BCUT2D eigenvalue weighted by molar-refractivity contribution is 5.99. The number of amides is 3. The first-order valence-electron chi connectivity index (χ1n) is 12.3. The van der Waals surface area contributed by atoms with E-state index in [2.05, 4.69) is 22.2 Å². The molecule has 0 spiro atoms. The third kappa shape index (κ3) is 8.98. The number of imide groups is 1. The van der Waals surface area contributed by atoms with Gasteiger partial charge in [-0.3, -0.25) is 30.4 Å². The van der Waals surface area contributed by atoms with E-state index in [1.54, 1.807) is 45.3 Å². The SMILES string of the molecule is CCN1CCc2ccc(OC)cc2C1=O.CCN=C(N)OC(=N)c1ccc(C#CC(NC)C(=O)NC=O)cc1. The first-order chi connectivity index (χ1) is 18.8. The molecule has 3 rings (SSSR count). The van der Waals surface area contributed by atoms with Gasteiger partial charge in [0.1, 0.15) is 11.8 Å². The van der Waals surface area contributed by atoms with Crippen LogP contribution in [0.25, 0.3) is 0 Å². The number of ether oxygens (including phenoxy) is 2. The molecular formula is C28H34N6O5. The van der Waals surface area contributed by atoms with Crippen LogP contribution in [0, 0.1) is 17.3 Å². The van der Waals surface area contributed by atoms with Crippen LogP contribution in [0.4, 0.5) is 0 Å². The molecule has 0 saturated heterocycles. The predicted molar refractivity (Wildman–Crippen MR) is 149 cm³/mol. The van der Waals surface area contributed by atoms with Gasteiger partial charge in [0.2, 0.25) is 12.3 Å². The number of benzene rings is 2. The van der Waals surface area contributed by atoms with Crippen molar-refractivity contribution in [3.8, 4) is 17.6 Å². The van der Waals surface area contributed by atoms with Gasteiger partial charge in [-0.15, -0.1) is 0 Å². The molecule has 1 atom stereocenters. The average molecular weight is 535 g/mol. The van der Waals surface area contributed by atoms with Crippen molar-refractivity contribution in [3.63, 3.8) is 0 Å². The van der Waals surface area contributed by atoms with Crippen molar-refractivity contribution in [3.05, 3.63) is 64.7 Å². The van der Waals surface area contributed by atoms with Crippen LogP contribution >= 0.6 is 0 Å². The van der Waals surface area contributed by atoms with Crippen LogP contribution in [0.5, 0.6) is 5.75 Å². The number of nitrogens with zero attached hydrogens (tertiary/aromatic N) is 2. The van der Waals surface area contributed by atoms with Gasteiger partial charge in [-0.1, -0.05) is 17.9 Å². The summed E-state index contributed by atoms with van der Waals surface area (Å²) in [6.45, 7) is 5.88. The minimum atomic E-state index is -0.804. The van der Waals surface area contributed by atoms with Gasteiger partial charge in [0, 0.05) is 36.3 Å². The first-order valence-corrected chi connectivity index (χ1v) is 12.3. The predicted octanol–water partition coefficient (Wildman–Crippen LogP) is 1.29. The number of likely N-dealkylation sites (N-methyl/N-ethyl adjacent to an activating group) is 2. The van der Waals surface area contributed by atoms with Crippen LogP contribution in [0.3, 0.4) is 0 Å². The molecule has 0 aromatic heterocycles. The van der Waals surface area contributed by atoms with Gasteiger partial charge in [0.15, 0.2) is 0 Å². The maximum absolute atomic E-state index is 12.0. The Morgan fingerprint density at radius 2 is 1.97 bits per heavy atom. The van der Waals surface area contributed by atoms with Crippen molar-refractivity contribution in [1.82, 2.24) is 15.5 Å². The Morgan fingerprint density at radius 1 is 1.26 bits per heavy atom.